The summed E-state index contributed by atoms with van der Waals surface area (Å²) in [5.74, 6) is 1.85. The van der Waals surface area contributed by atoms with Crippen molar-refractivity contribution < 1.29 is 19.0 Å². The molecule has 0 spiro atoms. The van der Waals surface area contributed by atoms with Crippen LogP contribution in [0.3, 0.4) is 0 Å². The SMILES string of the molecule is CCCCCCCCOc1c(OC)cc(/C=C/C(=O)N2CCN(c3ccc(C)c(C)c3)CC2)cc1OC. The van der Waals surface area contributed by atoms with Crippen LogP contribution >= 0.6 is 0 Å². The van der Waals surface area contributed by atoms with Crippen LogP contribution in [0.1, 0.15) is 62.1 Å². The fourth-order valence-corrected chi connectivity index (χ4v) is 4.58. The summed E-state index contributed by atoms with van der Waals surface area (Å²) < 4.78 is 17.2. The van der Waals surface area contributed by atoms with E-state index in [-0.39, 0.29) is 5.91 Å². The molecule has 0 bridgehead atoms. The molecule has 2 aromatic rings. The molecule has 1 fully saturated rings. The van der Waals surface area contributed by atoms with E-state index in [1.807, 2.05) is 23.1 Å². The van der Waals surface area contributed by atoms with Gasteiger partial charge in [0.15, 0.2) is 11.5 Å². The summed E-state index contributed by atoms with van der Waals surface area (Å²) in [4.78, 5) is 17.1. The Morgan fingerprint density at radius 3 is 2.14 bits per heavy atom. The van der Waals surface area contributed by atoms with Gasteiger partial charge in [-0.05, 0) is 67.3 Å². The standard InChI is InChI=1S/C31H44N2O4/c1-6-7-8-9-10-11-20-37-31-28(35-4)22-26(23-29(31)36-5)13-15-30(34)33-18-16-32(17-19-33)27-14-12-24(2)25(3)21-27/h12-15,21-23H,6-11,16-20H2,1-5H3/b15-13+. The molecule has 37 heavy (non-hydrogen) atoms. The number of hydrogen-bond donors (Lipinski definition) is 0. The number of piperazine rings is 1. The van der Waals surface area contributed by atoms with E-state index < -0.39 is 0 Å². The minimum Gasteiger partial charge on any atom is -0.493 e. The number of unbranched alkanes of at least 4 members (excludes halogenated alkanes) is 5. The minimum absolute atomic E-state index is 0.0149. The van der Waals surface area contributed by atoms with Crippen LogP contribution < -0.4 is 19.1 Å². The van der Waals surface area contributed by atoms with Gasteiger partial charge in [-0.1, -0.05) is 45.1 Å². The number of hydrogen-bond acceptors (Lipinski definition) is 5. The lowest BCUT2D eigenvalue weighted by atomic mass is 10.1. The van der Waals surface area contributed by atoms with Gasteiger partial charge in [0, 0.05) is 37.9 Å². The maximum atomic E-state index is 12.9. The lowest BCUT2D eigenvalue weighted by Crippen LogP contribution is -2.48. The molecule has 2 aromatic carbocycles. The Labute approximate surface area is 223 Å². The van der Waals surface area contributed by atoms with E-state index in [0.717, 1.165) is 31.5 Å². The van der Waals surface area contributed by atoms with Crippen molar-refractivity contribution in [1.29, 1.82) is 0 Å². The maximum absolute atomic E-state index is 12.9. The summed E-state index contributed by atoms with van der Waals surface area (Å²) in [6.45, 7) is 10.2. The summed E-state index contributed by atoms with van der Waals surface area (Å²) in [6, 6.07) is 10.3. The molecule has 1 heterocycles. The topological polar surface area (TPSA) is 51.2 Å². The third kappa shape index (κ3) is 8.17. The second-order valence-electron chi connectivity index (χ2n) is 9.79. The fourth-order valence-electron chi connectivity index (χ4n) is 4.58. The average Bonchev–Trinajstić information content (AvgIpc) is 2.92. The summed E-state index contributed by atoms with van der Waals surface area (Å²) in [5.41, 5.74) is 4.66. The summed E-state index contributed by atoms with van der Waals surface area (Å²) in [5, 5.41) is 0. The van der Waals surface area contributed by atoms with Crippen LogP contribution in [0.4, 0.5) is 5.69 Å². The highest BCUT2D eigenvalue weighted by molar-refractivity contribution is 5.92. The molecule has 0 aliphatic carbocycles. The second kappa shape index (κ2) is 14.6. The summed E-state index contributed by atoms with van der Waals surface area (Å²) in [7, 11) is 3.25. The Kier molecular flexibility index (Phi) is 11.2. The van der Waals surface area contributed by atoms with Gasteiger partial charge in [-0.2, -0.15) is 0 Å². The maximum Gasteiger partial charge on any atom is 0.246 e. The van der Waals surface area contributed by atoms with E-state index in [1.165, 1.54) is 42.5 Å². The van der Waals surface area contributed by atoms with Crippen molar-refractivity contribution in [3.8, 4) is 17.2 Å². The predicted octanol–water partition coefficient (Wildman–Crippen LogP) is 6.42. The summed E-state index contributed by atoms with van der Waals surface area (Å²) >= 11 is 0. The molecule has 202 valence electrons. The number of nitrogens with zero attached hydrogens (tertiary/aromatic N) is 2. The monoisotopic (exact) mass is 508 g/mol. The van der Waals surface area contributed by atoms with E-state index in [2.05, 4.69) is 43.9 Å². The highest BCUT2D eigenvalue weighted by Gasteiger charge is 2.20. The molecule has 0 saturated carbocycles. The molecular formula is C31H44N2O4. The molecule has 1 aliphatic heterocycles. The Balaban J connectivity index is 1.56. The van der Waals surface area contributed by atoms with Crippen LogP contribution in [0, 0.1) is 13.8 Å². The van der Waals surface area contributed by atoms with Crippen molar-refractivity contribution >= 4 is 17.7 Å². The van der Waals surface area contributed by atoms with Gasteiger partial charge in [0.05, 0.1) is 20.8 Å². The molecule has 1 saturated heterocycles. The van der Waals surface area contributed by atoms with Crippen molar-refractivity contribution in [3.63, 3.8) is 0 Å². The molecule has 6 nitrogen and oxygen atoms in total. The highest BCUT2D eigenvalue weighted by Crippen LogP contribution is 2.39. The van der Waals surface area contributed by atoms with Crippen molar-refractivity contribution in [1.82, 2.24) is 4.90 Å². The number of benzene rings is 2. The van der Waals surface area contributed by atoms with Crippen molar-refractivity contribution in [2.75, 3.05) is 51.9 Å². The zero-order valence-corrected chi connectivity index (χ0v) is 23.3. The van der Waals surface area contributed by atoms with E-state index in [4.69, 9.17) is 14.2 Å². The molecule has 1 amide bonds. The number of aryl methyl sites for hydroxylation is 2. The highest BCUT2D eigenvalue weighted by atomic mass is 16.5. The van der Waals surface area contributed by atoms with Crippen LogP contribution in [-0.4, -0.2) is 57.8 Å². The van der Waals surface area contributed by atoms with Crippen LogP contribution in [0.5, 0.6) is 17.2 Å². The largest absolute Gasteiger partial charge is 0.493 e. The van der Waals surface area contributed by atoms with Gasteiger partial charge in [-0.25, -0.2) is 0 Å². The molecule has 0 aromatic heterocycles. The fraction of sp³-hybridized carbons (Fsp3) is 0.516. The molecule has 3 rings (SSSR count). The normalized spacial score (nSPS) is 13.8. The molecule has 1 aliphatic rings. The molecular weight excluding hydrogens is 464 g/mol. The van der Waals surface area contributed by atoms with Gasteiger partial charge in [0.25, 0.3) is 0 Å². The van der Waals surface area contributed by atoms with Gasteiger partial charge < -0.3 is 24.0 Å². The van der Waals surface area contributed by atoms with E-state index in [9.17, 15) is 4.79 Å². The Hall–Kier alpha value is -3.15. The molecule has 0 unspecified atom stereocenters. The van der Waals surface area contributed by atoms with Crippen molar-refractivity contribution in [2.24, 2.45) is 0 Å². The number of amides is 1. The number of methoxy groups -OCH3 is 2. The first-order valence-electron chi connectivity index (χ1n) is 13.6. The number of carbonyl (C=O) groups excluding carboxylic acids is 1. The first-order valence-corrected chi connectivity index (χ1v) is 13.6. The van der Waals surface area contributed by atoms with E-state index in [0.29, 0.717) is 36.9 Å². The third-order valence-electron chi connectivity index (χ3n) is 7.09. The first-order chi connectivity index (χ1) is 18.0. The molecule has 6 heteroatoms. The smallest absolute Gasteiger partial charge is 0.246 e. The van der Waals surface area contributed by atoms with E-state index >= 15 is 0 Å². The van der Waals surface area contributed by atoms with Gasteiger partial charge in [0.1, 0.15) is 0 Å². The summed E-state index contributed by atoms with van der Waals surface area (Å²) in [6.07, 6.45) is 10.7. The molecule has 0 N–H and O–H groups in total. The van der Waals surface area contributed by atoms with Gasteiger partial charge >= 0.3 is 0 Å². The Morgan fingerprint density at radius 1 is 0.865 bits per heavy atom. The first kappa shape index (κ1) is 28.4. The third-order valence-corrected chi connectivity index (χ3v) is 7.09. The quantitative estimate of drug-likeness (QED) is 0.231. The number of rotatable bonds is 13. The zero-order chi connectivity index (χ0) is 26.6. The molecule has 0 atom stereocenters. The van der Waals surface area contributed by atoms with Crippen molar-refractivity contribution in [2.45, 2.75) is 59.3 Å². The van der Waals surface area contributed by atoms with Crippen LogP contribution in [0.15, 0.2) is 36.4 Å². The number of ether oxygens (including phenoxy) is 3. The lowest BCUT2D eigenvalue weighted by Gasteiger charge is -2.36. The van der Waals surface area contributed by atoms with Gasteiger partial charge in [-0.3, -0.25) is 4.79 Å². The predicted molar refractivity (Wildman–Crippen MR) is 152 cm³/mol. The van der Waals surface area contributed by atoms with Crippen molar-refractivity contribution in [3.05, 3.63) is 53.1 Å². The van der Waals surface area contributed by atoms with Crippen LogP contribution in [0.25, 0.3) is 6.08 Å². The zero-order valence-electron chi connectivity index (χ0n) is 23.3. The van der Waals surface area contributed by atoms with Crippen LogP contribution in [0.2, 0.25) is 0 Å². The van der Waals surface area contributed by atoms with E-state index in [1.54, 1.807) is 20.3 Å². The molecule has 0 radical (unpaired) electrons. The lowest BCUT2D eigenvalue weighted by molar-refractivity contribution is -0.126. The Morgan fingerprint density at radius 2 is 1.51 bits per heavy atom. The minimum atomic E-state index is 0.0149. The Bertz CT molecular complexity index is 1020. The van der Waals surface area contributed by atoms with Crippen LogP contribution in [-0.2, 0) is 4.79 Å². The van der Waals surface area contributed by atoms with Gasteiger partial charge in [0.2, 0.25) is 11.7 Å². The van der Waals surface area contributed by atoms with Gasteiger partial charge in [-0.15, -0.1) is 0 Å². The number of carbonyl (C=O) groups is 1. The second-order valence-corrected chi connectivity index (χ2v) is 9.79. The number of anilines is 1. The average molecular weight is 509 g/mol.